The van der Waals surface area contributed by atoms with Crippen LogP contribution in [0.5, 0.6) is 0 Å². The number of carbonyl (C=O) groups excluding carboxylic acids is 1. The molecule has 12 heteroatoms. The van der Waals surface area contributed by atoms with Gasteiger partial charge in [0.25, 0.3) is 6.43 Å². The molecular formula is C13H15ClF2N6O3. The number of rotatable bonds is 7. The molecule has 1 N–H and O–H groups in total. The predicted octanol–water partition coefficient (Wildman–Crippen LogP) is 2.22. The summed E-state index contributed by atoms with van der Waals surface area (Å²) in [6.45, 7) is 3.31. The normalized spacial score (nSPS) is 11.1. The molecule has 25 heavy (non-hydrogen) atoms. The Bertz CT molecular complexity index is 804. The Labute approximate surface area is 145 Å². The Hall–Kier alpha value is -2.56. The first-order valence-corrected chi connectivity index (χ1v) is 7.60. The lowest BCUT2D eigenvalue weighted by Crippen LogP contribution is -2.29. The molecule has 0 fully saturated rings. The number of carbonyl (C=O) groups is 1. The van der Waals surface area contributed by atoms with Gasteiger partial charge >= 0.3 is 5.69 Å². The number of nitrogens with zero attached hydrogens (tertiary/aromatic N) is 5. The molecule has 0 bridgehead atoms. The maximum absolute atomic E-state index is 12.9. The second-order valence-electron chi connectivity index (χ2n) is 5.07. The van der Waals surface area contributed by atoms with Crippen LogP contribution in [0.2, 0.25) is 5.02 Å². The summed E-state index contributed by atoms with van der Waals surface area (Å²) in [5.41, 5.74) is -1.27. The molecule has 0 spiro atoms. The Morgan fingerprint density at radius 1 is 1.48 bits per heavy atom. The lowest BCUT2D eigenvalue weighted by atomic mass is 10.3. The molecule has 136 valence electrons. The van der Waals surface area contributed by atoms with Crippen LogP contribution in [0.25, 0.3) is 0 Å². The third-order valence-electron chi connectivity index (χ3n) is 3.53. The van der Waals surface area contributed by atoms with E-state index in [0.717, 1.165) is 4.68 Å². The molecule has 0 aromatic carbocycles. The van der Waals surface area contributed by atoms with Gasteiger partial charge in [-0.2, -0.15) is 10.2 Å². The molecule has 0 aliphatic heterocycles. The number of alkyl halides is 2. The number of halogens is 3. The van der Waals surface area contributed by atoms with Gasteiger partial charge in [0.15, 0.2) is 0 Å². The van der Waals surface area contributed by atoms with Gasteiger partial charge in [-0.25, -0.2) is 8.78 Å². The summed E-state index contributed by atoms with van der Waals surface area (Å²) >= 11 is 5.98. The summed E-state index contributed by atoms with van der Waals surface area (Å²) in [6, 6.07) is 0. The zero-order valence-electron chi connectivity index (χ0n) is 13.4. The van der Waals surface area contributed by atoms with Crippen molar-refractivity contribution in [1.29, 1.82) is 0 Å². The van der Waals surface area contributed by atoms with Gasteiger partial charge in [-0.1, -0.05) is 11.6 Å². The molecular weight excluding hydrogens is 362 g/mol. The third-order valence-corrected chi connectivity index (χ3v) is 3.85. The molecule has 2 rings (SSSR count). The van der Waals surface area contributed by atoms with E-state index < -0.39 is 35.2 Å². The summed E-state index contributed by atoms with van der Waals surface area (Å²) < 4.78 is 28.2. The van der Waals surface area contributed by atoms with Gasteiger partial charge in [0, 0.05) is 6.54 Å². The minimum atomic E-state index is -3.11. The van der Waals surface area contributed by atoms with Crippen molar-refractivity contribution < 1.29 is 18.5 Å². The van der Waals surface area contributed by atoms with Crippen LogP contribution in [0.1, 0.15) is 30.4 Å². The quantitative estimate of drug-likeness (QED) is 0.588. The van der Waals surface area contributed by atoms with Crippen LogP contribution in [0.15, 0.2) is 6.20 Å². The number of amides is 1. The Kier molecular flexibility index (Phi) is 5.67. The molecule has 0 saturated carbocycles. The fourth-order valence-corrected chi connectivity index (χ4v) is 2.50. The molecule has 0 aliphatic carbocycles. The monoisotopic (exact) mass is 376 g/mol. The van der Waals surface area contributed by atoms with E-state index in [4.69, 9.17) is 11.6 Å². The zero-order valence-corrected chi connectivity index (χ0v) is 14.1. The van der Waals surface area contributed by atoms with Crippen LogP contribution < -0.4 is 5.32 Å². The summed E-state index contributed by atoms with van der Waals surface area (Å²) in [5.74, 6) is -0.554. The second kappa shape index (κ2) is 7.55. The summed E-state index contributed by atoms with van der Waals surface area (Å²) in [6.07, 6.45) is -1.66. The van der Waals surface area contributed by atoms with Gasteiger partial charge in [-0.3, -0.25) is 24.3 Å². The maximum Gasteiger partial charge on any atom is 0.319 e. The Morgan fingerprint density at radius 3 is 2.68 bits per heavy atom. The first-order chi connectivity index (χ1) is 11.8. The van der Waals surface area contributed by atoms with E-state index in [9.17, 15) is 23.7 Å². The number of nitro groups is 1. The Morgan fingerprint density at radius 2 is 2.16 bits per heavy atom. The minimum Gasteiger partial charge on any atom is -0.349 e. The van der Waals surface area contributed by atoms with Crippen LogP contribution >= 0.6 is 11.6 Å². The third kappa shape index (κ3) is 3.92. The highest BCUT2D eigenvalue weighted by Gasteiger charge is 2.31. The second-order valence-corrected chi connectivity index (χ2v) is 5.47. The van der Waals surface area contributed by atoms with Crippen molar-refractivity contribution in [1.82, 2.24) is 24.9 Å². The van der Waals surface area contributed by atoms with Crippen molar-refractivity contribution >= 4 is 23.2 Å². The van der Waals surface area contributed by atoms with Gasteiger partial charge in [0.1, 0.15) is 12.2 Å². The van der Waals surface area contributed by atoms with E-state index in [2.05, 4.69) is 15.5 Å². The van der Waals surface area contributed by atoms with Gasteiger partial charge < -0.3 is 5.32 Å². The van der Waals surface area contributed by atoms with Crippen LogP contribution in [0.4, 0.5) is 14.5 Å². The molecule has 2 aromatic heterocycles. The van der Waals surface area contributed by atoms with Crippen molar-refractivity contribution in [3.63, 3.8) is 0 Å². The number of aromatic nitrogens is 4. The average molecular weight is 377 g/mol. The maximum atomic E-state index is 12.9. The van der Waals surface area contributed by atoms with E-state index in [1.807, 2.05) is 6.92 Å². The predicted molar refractivity (Wildman–Crippen MR) is 83.3 cm³/mol. The van der Waals surface area contributed by atoms with E-state index in [-0.39, 0.29) is 12.2 Å². The molecule has 9 nitrogen and oxygen atoms in total. The molecule has 2 heterocycles. The lowest BCUT2D eigenvalue weighted by molar-refractivity contribution is -0.386. The van der Waals surface area contributed by atoms with Gasteiger partial charge in [0.2, 0.25) is 11.6 Å². The lowest BCUT2D eigenvalue weighted by Gasteiger charge is -2.08. The average Bonchev–Trinajstić information content (AvgIpc) is 3.06. The Balaban J connectivity index is 2.12. The molecule has 1 amide bonds. The first kappa shape index (κ1) is 18.8. The standard InChI is InChI=1S/C13H15ClF2N6O3/c1-3-20-9(8(14)4-18-20)5-17-10(23)6-21-7(2)12(22(24)25)11(19-21)13(15)16/h4,13H,3,5-6H2,1-2H3,(H,17,23). The number of hydrogen-bond donors (Lipinski definition) is 1. The van der Waals surface area contributed by atoms with E-state index >= 15 is 0 Å². The highest BCUT2D eigenvalue weighted by atomic mass is 35.5. The highest BCUT2D eigenvalue weighted by Crippen LogP contribution is 2.30. The number of aryl methyl sites for hydroxylation is 1. The van der Waals surface area contributed by atoms with Crippen molar-refractivity contribution in [3.05, 3.63) is 38.4 Å². The first-order valence-electron chi connectivity index (χ1n) is 7.22. The fourth-order valence-electron chi connectivity index (χ4n) is 2.30. The van der Waals surface area contributed by atoms with Crippen molar-refractivity contribution in [2.45, 2.75) is 39.9 Å². The van der Waals surface area contributed by atoms with Gasteiger partial charge in [0.05, 0.1) is 28.4 Å². The highest BCUT2D eigenvalue weighted by molar-refractivity contribution is 6.31. The van der Waals surface area contributed by atoms with Crippen LogP contribution in [-0.2, 0) is 24.4 Å². The smallest absolute Gasteiger partial charge is 0.319 e. The summed E-state index contributed by atoms with van der Waals surface area (Å²) in [4.78, 5) is 22.0. The van der Waals surface area contributed by atoms with Crippen LogP contribution in [-0.4, -0.2) is 30.4 Å². The van der Waals surface area contributed by atoms with Crippen LogP contribution in [0.3, 0.4) is 0 Å². The van der Waals surface area contributed by atoms with Crippen molar-refractivity contribution in [3.8, 4) is 0 Å². The summed E-state index contributed by atoms with van der Waals surface area (Å²) in [7, 11) is 0. The van der Waals surface area contributed by atoms with E-state index in [1.165, 1.54) is 13.1 Å². The van der Waals surface area contributed by atoms with Crippen molar-refractivity contribution in [2.75, 3.05) is 0 Å². The topological polar surface area (TPSA) is 108 Å². The van der Waals surface area contributed by atoms with Gasteiger partial charge in [-0.05, 0) is 13.8 Å². The molecule has 2 aromatic rings. The van der Waals surface area contributed by atoms with Crippen molar-refractivity contribution in [2.24, 2.45) is 0 Å². The zero-order chi connectivity index (χ0) is 18.7. The molecule has 0 saturated heterocycles. The molecule has 0 aliphatic rings. The molecule has 0 unspecified atom stereocenters. The fraction of sp³-hybridized carbons (Fsp3) is 0.462. The SMILES string of the molecule is CCn1ncc(Cl)c1CNC(=O)Cn1nc(C(F)F)c([N+](=O)[O-])c1C. The largest absolute Gasteiger partial charge is 0.349 e. The van der Waals surface area contributed by atoms with E-state index in [0.29, 0.717) is 17.3 Å². The van der Waals surface area contributed by atoms with Gasteiger partial charge in [-0.15, -0.1) is 0 Å². The molecule has 0 radical (unpaired) electrons. The van der Waals surface area contributed by atoms with E-state index in [1.54, 1.807) is 4.68 Å². The molecule has 0 atom stereocenters. The van der Waals surface area contributed by atoms with Crippen LogP contribution in [0, 0.1) is 17.0 Å². The minimum absolute atomic E-state index is 0.0790. The number of hydrogen-bond acceptors (Lipinski definition) is 5. The number of nitrogens with one attached hydrogen (secondary N) is 1. The summed E-state index contributed by atoms with van der Waals surface area (Å²) in [5, 5.41) is 21.4.